The molecule has 0 N–H and O–H groups in total. The number of fused-ring (bicyclic) bond motifs is 1. The van der Waals surface area contributed by atoms with E-state index in [0.717, 1.165) is 42.8 Å². The first-order valence-electron chi connectivity index (χ1n) is 9.82. The van der Waals surface area contributed by atoms with Crippen LogP contribution in [0.5, 0.6) is 0 Å². The number of hydrogen-bond acceptors (Lipinski definition) is 5. The van der Waals surface area contributed by atoms with E-state index in [2.05, 4.69) is 16.0 Å². The number of amides is 2. The highest BCUT2D eigenvalue weighted by atomic mass is 32.1. The summed E-state index contributed by atoms with van der Waals surface area (Å²) in [6, 6.07) is 2.02. The Bertz CT molecular complexity index is 971. The number of anilines is 1. The van der Waals surface area contributed by atoms with Crippen LogP contribution in [0.1, 0.15) is 36.6 Å². The Balaban J connectivity index is 1.38. The quantitative estimate of drug-likeness (QED) is 0.730. The minimum atomic E-state index is -0.0463. The van der Waals surface area contributed by atoms with E-state index in [1.807, 2.05) is 34.9 Å². The molecular formula is C22H24N4O2S. The van der Waals surface area contributed by atoms with Crippen molar-refractivity contribution >= 4 is 41.1 Å². The molecule has 2 amide bonds. The van der Waals surface area contributed by atoms with Gasteiger partial charge in [0, 0.05) is 43.7 Å². The molecule has 7 heteroatoms. The van der Waals surface area contributed by atoms with E-state index in [-0.39, 0.29) is 17.7 Å². The smallest absolute Gasteiger partial charge is 0.246 e. The van der Waals surface area contributed by atoms with Crippen molar-refractivity contribution in [3.8, 4) is 0 Å². The molecule has 1 fully saturated rings. The zero-order chi connectivity index (χ0) is 20.4. The van der Waals surface area contributed by atoms with E-state index >= 15 is 0 Å². The summed E-state index contributed by atoms with van der Waals surface area (Å²) in [4.78, 5) is 36.9. The third kappa shape index (κ3) is 4.29. The third-order valence-electron chi connectivity index (χ3n) is 5.50. The average Bonchev–Trinajstić information content (AvgIpc) is 3.24. The summed E-state index contributed by atoms with van der Waals surface area (Å²) in [6.07, 6.45) is 9.74. The number of piperidine rings is 1. The highest BCUT2D eigenvalue weighted by Crippen LogP contribution is 2.28. The number of hydrogen-bond donors (Lipinski definition) is 0. The Morgan fingerprint density at radius 3 is 2.79 bits per heavy atom. The minimum Gasteiger partial charge on any atom is -0.339 e. The zero-order valence-corrected chi connectivity index (χ0v) is 17.5. The molecular weight excluding hydrogens is 384 g/mol. The summed E-state index contributed by atoms with van der Waals surface area (Å²) in [5.74, 6) is 0.787. The van der Waals surface area contributed by atoms with Crippen molar-refractivity contribution in [2.75, 3.05) is 25.0 Å². The molecule has 0 spiro atoms. The fraction of sp³-hybridized carbons (Fsp3) is 0.364. The van der Waals surface area contributed by atoms with Crippen molar-refractivity contribution in [1.29, 1.82) is 0 Å². The van der Waals surface area contributed by atoms with E-state index in [4.69, 9.17) is 0 Å². The van der Waals surface area contributed by atoms with Crippen molar-refractivity contribution in [2.45, 2.75) is 26.2 Å². The summed E-state index contributed by atoms with van der Waals surface area (Å²) in [5, 5.41) is 2.04. The lowest BCUT2D eigenvalue weighted by molar-refractivity contribution is -0.126. The van der Waals surface area contributed by atoms with E-state index in [1.54, 1.807) is 35.6 Å². The number of pyridine rings is 1. The predicted molar refractivity (Wildman–Crippen MR) is 115 cm³/mol. The monoisotopic (exact) mass is 408 g/mol. The van der Waals surface area contributed by atoms with Crippen LogP contribution in [0.2, 0.25) is 0 Å². The molecule has 2 aromatic heterocycles. The van der Waals surface area contributed by atoms with Crippen LogP contribution >= 0.6 is 11.3 Å². The van der Waals surface area contributed by atoms with Crippen LogP contribution in [-0.2, 0) is 16.0 Å². The number of nitrogens with zero attached hydrogens (tertiary/aromatic N) is 4. The number of rotatable bonds is 3. The van der Waals surface area contributed by atoms with Crippen LogP contribution in [-0.4, -0.2) is 46.8 Å². The second kappa shape index (κ2) is 8.29. The summed E-state index contributed by atoms with van der Waals surface area (Å²) in [7, 11) is 1.76. The molecule has 2 aliphatic heterocycles. The van der Waals surface area contributed by atoms with Crippen LogP contribution in [0.25, 0.3) is 12.2 Å². The molecule has 0 aromatic carbocycles. The SMILES string of the molecule is CC1Cc2cc(C=CC(=O)N3CCC(=Cc4cscn4)CC3)cnc2N(C)C1=O. The molecule has 0 saturated carbocycles. The van der Waals surface area contributed by atoms with Gasteiger partial charge in [0.25, 0.3) is 0 Å². The molecule has 1 saturated heterocycles. The summed E-state index contributed by atoms with van der Waals surface area (Å²) < 4.78 is 0. The second-order valence-corrected chi connectivity index (χ2v) is 8.35. The van der Waals surface area contributed by atoms with Crippen LogP contribution < -0.4 is 4.90 Å². The van der Waals surface area contributed by atoms with Gasteiger partial charge in [-0.05, 0) is 48.6 Å². The molecule has 2 aromatic rings. The van der Waals surface area contributed by atoms with Crippen LogP contribution in [0.4, 0.5) is 5.82 Å². The van der Waals surface area contributed by atoms with Gasteiger partial charge in [0.15, 0.2) is 0 Å². The molecule has 1 unspecified atom stereocenters. The third-order valence-corrected chi connectivity index (χ3v) is 6.10. The van der Waals surface area contributed by atoms with E-state index in [9.17, 15) is 9.59 Å². The number of likely N-dealkylation sites (tertiary alicyclic amines) is 1. The van der Waals surface area contributed by atoms with Crippen molar-refractivity contribution in [1.82, 2.24) is 14.9 Å². The van der Waals surface area contributed by atoms with Gasteiger partial charge in [-0.25, -0.2) is 9.97 Å². The summed E-state index contributed by atoms with van der Waals surface area (Å²) in [6.45, 7) is 3.39. The normalized spacial score (nSPS) is 19.6. The van der Waals surface area contributed by atoms with Gasteiger partial charge in [-0.1, -0.05) is 12.5 Å². The number of carbonyl (C=O) groups is 2. The fourth-order valence-electron chi connectivity index (χ4n) is 3.85. The van der Waals surface area contributed by atoms with Gasteiger partial charge in [-0.2, -0.15) is 0 Å². The maximum absolute atomic E-state index is 12.6. The number of aromatic nitrogens is 2. The van der Waals surface area contributed by atoms with Gasteiger partial charge in [0.1, 0.15) is 5.82 Å². The van der Waals surface area contributed by atoms with Gasteiger partial charge in [0.2, 0.25) is 11.8 Å². The lowest BCUT2D eigenvalue weighted by atomic mass is 9.95. The lowest BCUT2D eigenvalue weighted by Crippen LogP contribution is -2.37. The van der Waals surface area contributed by atoms with Gasteiger partial charge in [0.05, 0.1) is 11.2 Å². The average molecular weight is 409 g/mol. The van der Waals surface area contributed by atoms with Gasteiger partial charge < -0.3 is 4.90 Å². The molecule has 29 heavy (non-hydrogen) atoms. The Labute approximate surface area is 174 Å². The molecule has 0 bridgehead atoms. The standard InChI is InChI=1S/C22H24N4O2S/c1-15-9-18-10-17(12-23-21(18)25(2)22(15)28)3-4-20(27)26-7-5-16(6-8-26)11-19-13-29-14-24-19/h3-4,10-15H,5-9H2,1-2H3. The molecule has 1 atom stereocenters. The van der Waals surface area contributed by atoms with E-state index in [0.29, 0.717) is 12.2 Å². The second-order valence-electron chi connectivity index (χ2n) is 7.63. The van der Waals surface area contributed by atoms with Crippen LogP contribution in [0.3, 0.4) is 0 Å². The maximum atomic E-state index is 12.6. The molecule has 2 aliphatic rings. The highest BCUT2D eigenvalue weighted by molar-refractivity contribution is 7.07. The van der Waals surface area contributed by atoms with Gasteiger partial charge in [-0.15, -0.1) is 11.3 Å². The summed E-state index contributed by atoms with van der Waals surface area (Å²) >= 11 is 1.59. The number of carbonyl (C=O) groups excluding carboxylic acids is 2. The highest BCUT2D eigenvalue weighted by Gasteiger charge is 2.28. The Hall–Kier alpha value is -2.80. The first-order valence-corrected chi connectivity index (χ1v) is 10.8. The van der Waals surface area contributed by atoms with E-state index < -0.39 is 0 Å². The van der Waals surface area contributed by atoms with Crippen molar-refractivity contribution in [3.63, 3.8) is 0 Å². The topological polar surface area (TPSA) is 66.4 Å². The van der Waals surface area contributed by atoms with Crippen molar-refractivity contribution in [2.24, 2.45) is 5.92 Å². The Kier molecular flexibility index (Phi) is 5.58. The Morgan fingerprint density at radius 2 is 2.07 bits per heavy atom. The first-order chi connectivity index (χ1) is 14.0. The van der Waals surface area contributed by atoms with Gasteiger partial charge in [-0.3, -0.25) is 14.5 Å². The lowest BCUT2D eigenvalue weighted by Gasteiger charge is -2.28. The van der Waals surface area contributed by atoms with Crippen molar-refractivity contribution < 1.29 is 9.59 Å². The molecule has 6 nitrogen and oxygen atoms in total. The molecule has 4 heterocycles. The molecule has 0 aliphatic carbocycles. The number of thiazole rings is 1. The Morgan fingerprint density at radius 1 is 1.28 bits per heavy atom. The predicted octanol–water partition coefficient (Wildman–Crippen LogP) is 3.41. The van der Waals surface area contributed by atoms with Gasteiger partial charge >= 0.3 is 0 Å². The maximum Gasteiger partial charge on any atom is 0.246 e. The van der Waals surface area contributed by atoms with Crippen molar-refractivity contribution in [3.05, 3.63) is 51.6 Å². The van der Waals surface area contributed by atoms with Crippen LogP contribution in [0.15, 0.2) is 34.8 Å². The molecule has 150 valence electrons. The molecule has 4 rings (SSSR count). The summed E-state index contributed by atoms with van der Waals surface area (Å²) in [5.41, 5.74) is 6.11. The minimum absolute atomic E-state index is 0.0242. The largest absolute Gasteiger partial charge is 0.339 e. The fourth-order valence-corrected chi connectivity index (χ4v) is 4.36. The first kappa shape index (κ1) is 19.5. The van der Waals surface area contributed by atoms with Crippen LogP contribution in [0, 0.1) is 5.92 Å². The zero-order valence-electron chi connectivity index (χ0n) is 16.7. The van der Waals surface area contributed by atoms with E-state index in [1.165, 1.54) is 5.57 Å². The molecule has 0 radical (unpaired) electrons.